The maximum Gasteiger partial charge on any atom is 0.320 e. The highest BCUT2D eigenvalue weighted by atomic mass is 16.5. The third kappa shape index (κ3) is 4.43. The smallest absolute Gasteiger partial charge is 0.320 e. The number of benzene rings is 1. The van der Waals surface area contributed by atoms with E-state index in [-0.39, 0.29) is 5.54 Å². The van der Waals surface area contributed by atoms with Crippen LogP contribution in [0.4, 0.5) is 4.79 Å². The zero-order valence-electron chi connectivity index (χ0n) is 19.9. The van der Waals surface area contributed by atoms with Crippen LogP contribution >= 0.6 is 0 Å². The van der Waals surface area contributed by atoms with E-state index < -0.39 is 0 Å². The number of aryl methyl sites for hydroxylation is 1. The van der Waals surface area contributed by atoms with E-state index in [0.717, 1.165) is 51.6 Å². The van der Waals surface area contributed by atoms with Gasteiger partial charge in [0.25, 0.3) is 0 Å². The van der Waals surface area contributed by atoms with Crippen LogP contribution < -0.4 is 0 Å². The first-order valence-electron chi connectivity index (χ1n) is 13.1. The van der Waals surface area contributed by atoms with Crippen molar-refractivity contribution in [2.45, 2.75) is 69.9 Å². The van der Waals surface area contributed by atoms with Crippen LogP contribution in [0, 0.1) is 11.8 Å². The summed E-state index contributed by atoms with van der Waals surface area (Å²) < 4.78 is 5.54. The van der Waals surface area contributed by atoms with E-state index in [1.165, 1.54) is 57.2 Å². The molecule has 2 amide bonds. The number of likely N-dealkylation sites (tertiary alicyclic amines) is 1. The number of fused-ring (bicyclic) bond motifs is 1. The lowest BCUT2D eigenvalue weighted by Crippen LogP contribution is -2.47. The Labute approximate surface area is 194 Å². The SMILES string of the molecule is CCN1C(=O)N(CC2CCOCC2)CC12CC1CCCN(CCCc3ccccc3)C1C2. The Kier molecular flexibility index (Phi) is 6.75. The highest BCUT2D eigenvalue weighted by Crippen LogP contribution is 2.48. The standard InChI is InChI=1S/C27H41N3O2/c1-2-30-26(31)29(20-23-12-16-32-17-13-23)21-27(30)18-24-11-7-15-28(25(24)19-27)14-6-10-22-8-4-3-5-9-22/h3-5,8-9,23-25H,2,6-7,10-21H2,1H3. The molecule has 1 aliphatic carbocycles. The number of ether oxygens (including phenoxy) is 1. The van der Waals surface area contributed by atoms with Crippen molar-refractivity contribution >= 4 is 6.03 Å². The van der Waals surface area contributed by atoms with E-state index in [1.807, 2.05) is 0 Å². The van der Waals surface area contributed by atoms with Gasteiger partial charge in [0.1, 0.15) is 0 Å². The summed E-state index contributed by atoms with van der Waals surface area (Å²) in [6, 6.07) is 11.9. The molecule has 176 valence electrons. The molecule has 3 aliphatic heterocycles. The van der Waals surface area contributed by atoms with E-state index >= 15 is 0 Å². The molecule has 4 aliphatic rings. The van der Waals surface area contributed by atoms with Crippen molar-refractivity contribution in [2.75, 3.05) is 45.9 Å². The fourth-order valence-corrected chi connectivity index (χ4v) is 7.20. The van der Waals surface area contributed by atoms with Gasteiger partial charge >= 0.3 is 6.03 Å². The molecule has 3 saturated heterocycles. The topological polar surface area (TPSA) is 36.0 Å². The zero-order chi connectivity index (χ0) is 22.0. The fraction of sp³-hybridized carbons (Fsp3) is 0.741. The van der Waals surface area contributed by atoms with Crippen molar-refractivity contribution in [3.8, 4) is 0 Å². The molecule has 1 aromatic carbocycles. The molecule has 1 spiro atoms. The van der Waals surface area contributed by atoms with E-state index in [2.05, 4.69) is 52.0 Å². The number of urea groups is 1. The number of carbonyl (C=O) groups is 1. The van der Waals surface area contributed by atoms with Gasteiger partial charge < -0.3 is 19.4 Å². The Hall–Kier alpha value is -1.59. The molecule has 1 aromatic rings. The Morgan fingerprint density at radius 2 is 1.91 bits per heavy atom. The minimum absolute atomic E-state index is 0.0638. The molecular formula is C27H41N3O2. The van der Waals surface area contributed by atoms with Gasteiger partial charge in [-0.05, 0) is 88.8 Å². The van der Waals surface area contributed by atoms with E-state index in [4.69, 9.17) is 4.74 Å². The molecule has 5 heteroatoms. The summed E-state index contributed by atoms with van der Waals surface area (Å²) in [5, 5.41) is 0. The molecule has 0 radical (unpaired) electrons. The molecule has 3 unspecified atom stereocenters. The molecule has 0 aromatic heterocycles. The number of amides is 2. The summed E-state index contributed by atoms with van der Waals surface area (Å²) >= 11 is 0. The van der Waals surface area contributed by atoms with Gasteiger partial charge in [-0.2, -0.15) is 0 Å². The molecule has 32 heavy (non-hydrogen) atoms. The second-order valence-electron chi connectivity index (χ2n) is 10.7. The lowest BCUT2D eigenvalue weighted by atomic mass is 9.90. The summed E-state index contributed by atoms with van der Waals surface area (Å²) in [6.07, 6.45) is 9.63. The first kappa shape index (κ1) is 22.2. The van der Waals surface area contributed by atoms with Crippen LogP contribution in [0.15, 0.2) is 30.3 Å². The normalized spacial score (nSPS) is 31.6. The average molecular weight is 440 g/mol. The van der Waals surface area contributed by atoms with Gasteiger partial charge in [-0.1, -0.05) is 30.3 Å². The maximum absolute atomic E-state index is 13.4. The first-order chi connectivity index (χ1) is 15.7. The van der Waals surface area contributed by atoms with Crippen LogP contribution in [0.3, 0.4) is 0 Å². The Morgan fingerprint density at radius 3 is 2.69 bits per heavy atom. The van der Waals surface area contributed by atoms with Crippen molar-refractivity contribution in [1.82, 2.24) is 14.7 Å². The summed E-state index contributed by atoms with van der Waals surface area (Å²) in [4.78, 5) is 20.6. The lowest BCUT2D eigenvalue weighted by Gasteiger charge is -2.38. The van der Waals surface area contributed by atoms with Gasteiger partial charge in [0.2, 0.25) is 0 Å². The van der Waals surface area contributed by atoms with Crippen LogP contribution in [0.1, 0.15) is 57.4 Å². The third-order valence-electron chi connectivity index (χ3n) is 8.71. The summed E-state index contributed by atoms with van der Waals surface area (Å²) in [5.74, 6) is 1.37. The molecule has 0 bridgehead atoms. The minimum atomic E-state index is 0.0638. The van der Waals surface area contributed by atoms with Gasteiger partial charge in [-0.3, -0.25) is 0 Å². The fourth-order valence-electron chi connectivity index (χ4n) is 7.20. The van der Waals surface area contributed by atoms with Crippen molar-refractivity contribution < 1.29 is 9.53 Å². The van der Waals surface area contributed by atoms with Gasteiger partial charge in [0.05, 0.1) is 5.54 Å². The summed E-state index contributed by atoms with van der Waals surface area (Å²) in [5.41, 5.74) is 1.51. The molecule has 1 saturated carbocycles. The summed E-state index contributed by atoms with van der Waals surface area (Å²) in [7, 11) is 0. The minimum Gasteiger partial charge on any atom is -0.381 e. The number of hydrogen-bond donors (Lipinski definition) is 0. The van der Waals surface area contributed by atoms with Crippen molar-refractivity contribution in [3.63, 3.8) is 0 Å². The van der Waals surface area contributed by atoms with Crippen LogP contribution in [0.25, 0.3) is 0 Å². The molecule has 5 rings (SSSR count). The Morgan fingerprint density at radius 1 is 1.09 bits per heavy atom. The van der Waals surface area contributed by atoms with E-state index in [0.29, 0.717) is 18.0 Å². The van der Waals surface area contributed by atoms with Gasteiger partial charge in [0.15, 0.2) is 0 Å². The second kappa shape index (κ2) is 9.72. The number of likely N-dealkylation sites (N-methyl/N-ethyl adjacent to an activating group) is 1. The van der Waals surface area contributed by atoms with Crippen molar-refractivity contribution in [3.05, 3.63) is 35.9 Å². The molecule has 3 heterocycles. The summed E-state index contributed by atoms with van der Waals surface area (Å²) in [6.45, 7) is 9.04. The van der Waals surface area contributed by atoms with Crippen LogP contribution in [-0.4, -0.2) is 78.2 Å². The van der Waals surface area contributed by atoms with Crippen molar-refractivity contribution in [1.29, 1.82) is 0 Å². The Balaban J connectivity index is 1.23. The zero-order valence-corrected chi connectivity index (χ0v) is 19.9. The number of rotatable bonds is 7. The predicted molar refractivity (Wildman–Crippen MR) is 128 cm³/mol. The molecular weight excluding hydrogens is 398 g/mol. The number of piperidine rings is 1. The molecule has 4 fully saturated rings. The molecule has 0 N–H and O–H groups in total. The third-order valence-corrected chi connectivity index (χ3v) is 8.71. The van der Waals surface area contributed by atoms with Gasteiger partial charge in [-0.15, -0.1) is 0 Å². The van der Waals surface area contributed by atoms with Crippen LogP contribution in [0.5, 0.6) is 0 Å². The Bertz CT molecular complexity index is 765. The quantitative estimate of drug-likeness (QED) is 0.631. The van der Waals surface area contributed by atoms with E-state index in [9.17, 15) is 4.79 Å². The monoisotopic (exact) mass is 439 g/mol. The number of hydrogen-bond acceptors (Lipinski definition) is 3. The van der Waals surface area contributed by atoms with E-state index in [1.54, 1.807) is 0 Å². The number of nitrogens with zero attached hydrogens (tertiary/aromatic N) is 3. The molecule has 5 nitrogen and oxygen atoms in total. The largest absolute Gasteiger partial charge is 0.381 e. The predicted octanol–water partition coefficient (Wildman–Crippen LogP) is 4.42. The van der Waals surface area contributed by atoms with Gasteiger partial charge in [0, 0.05) is 38.9 Å². The van der Waals surface area contributed by atoms with Crippen LogP contribution in [-0.2, 0) is 11.2 Å². The van der Waals surface area contributed by atoms with Crippen LogP contribution in [0.2, 0.25) is 0 Å². The highest BCUT2D eigenvalue weighted by molar-refractivity contribution is 5.78. The first-order valence-corrected chi connectivity index (χ1v) is 13.1. The van der Waals surface area contributed by atoms with Gasteiger partial charge in [-0.25, -0.2) is 4.79 Å². The average Bonchev–Trinajstić information content (AvgIpc) is 3.31. The molecule has 3 atom stereocenters. The number of carbonyl (C=O) groups excluding carboxylic acids is 1. The lowest BCUT2D eigenvalue weighted by molar-refractivity contribution is 0.0575. The van der Waals surface area contributed by atoms with Crippen molar-refractivity contribution in [2.24, 2.45) is 11.8 Å². The second-order valence-corrected chi connectivity index (χ2v) is 10.7. The maximum atomic E-state index is 13.4. The highest BCUT2D eigenvalue weighted by Gasteiger charge is 2.57.